The van der Waals surface area contributed by atoms with Gasteiger partial charge in [-0.05, 0) is 24.6 Å². The van der Waals surface area contributed by atoms with E-state index in [9.17, 15) is 29.2 Å². The minimum Gasteiger partial charge on any atom is -0.459 e. The molecule has 1 aliphatic heterocycles. The number of aromatic amines is 1. The summed E-state index contributed by atoms with van der Waals surface area (Å²) in [5, 5.41) is 22.0. The highest BCUT2D eigenvalue weighted by Crippen LogP contribution is 2.35. The number of nitrogens with zero attached hydrogens (tertiary/aromatic N) is 2. The van der Waals surface area contributed by atoms with E-state index in [2.05, 4.69) is 4.98 Å². The van der Waals surface area contributed by atoms with Crippen LogP contribution in [-0.4, -0.2) is 57.2 Å². The van der Waals surface area contributed by atoms with Crippen molar-refractivity contribution in [3.8, 4) is 5.75 Å². The summed E-state index contributed by atoms with van der Waals surface area (Å²) in [7, 11) is -0.630. The number of hydroxylamine groups is 1. The number of anilines is 1. The number of aliphatic hydroxyl groups is 2. The topological polar surface area (TPSA) is 170 Å². The van der Waals surface area contributed by atoms with E-state index in [1.807, 2.05) is 30.3 Å². The van der Waals surface area contributed by atoms with Crippen molar-refractivity contribution in [1.29, 1.82) is 0 Å². The molecular formula is C26H28N3O10P. The molecule has 5 atom stereocenters. The van der Waals surface area contributed by atoms with Crippen LogP contribution >= 0.6 is 8.69 Å². The minimum absolute atomic E-state index is 0.0231. The number of carbonyl (C=O) groups is 1. The minimum atomic E-state index is -1.32. The molecule has 4 rings (SSSR count). The van der Waals surface area contributed by atoms with Gasteiger partial charge in [0.1, 0.15) is 25.0 Å². The van der Waals surface area contributed by atoms with Gasteiger partial charge in [-0.3, -0.25) is 19.2 Å². The number of nitrogens with one attached hydrogen (secondary N) is 1. The number of aromatic nitrogens is 2. The number of hydrogen-bond acceptors (Lipinski definition) is 11. The molecule has 1 aromatic heterocycles. The fourth-order valence-electron chi connectivity index (χ4n) is 4.28. The fraction of sp³-hybridized carbons (Fsp3) is 0.346. The van der Waals surface area contributed by atoms with E-state index in [4.69, 9.17) is 18.8 Å². The van der Waals surface area contributed by atoms with Gasteiger partial charge in [-0.1, -0.05) is 42.5 Å². The maximum Gasteiger partial charge on any atom is 0.395 e. The van der Waals surface area contributed by atoms with Crippen molar-refractivity contribution < 1.29 is 38.4 Å². The molecule has 0 radical (unpaired) electrons. The van der Waals surface area contributed by atoms with Gasteiger partial charge in [0.2, 0.25) is 0 Å². The number of benzene rings is 2. The van der Waals surface area contributed by atoms with Crippen molar-refractivity contribution in [2.45, 2.75) is 38.0 Å². The molecule has 0 bridgehead atoms. The molecule has 0 aliphatic carbocycles. The predicted molar refractivity (Wildman–Crippen MR) is 141 cm³/mol. The Morgan fingerprint density at radius 3 is 2.58 bits per heavy atom. The van der Waals surface area contributed by atoms with Crippen LogP contribution in [0, 0.1) is 5.92 Å². The van der Waals surface area contributed by atoms with E-state index in [1.54, 1.807) is 18.2 Å². The summed E-state index contributed by atoms with van der Waals surface area (Å²) in [5.74, 6) is -1.37. The second-order valence-electron chi connectivity index (χ2n) is 8.94. The number of esters is 1. The van der Waals surface area contributed by atoms with Crippen LogP contribution < -0.4 is 20.8 Å². The molecule has 3 aromatic rings. The molecule has 13 nitrogen and oxygen atoms in total. The van der Waals surface area contributed by atoms with Crippen molar-refractivity contribution in [3.05, 3.63) is 93.3 Å². The largest absolute Gasteiger partial charge is 0.459 e. The molecule has 212 valence electrons. The molecule has 0 unspecified atom stereocenters. The molecule has 3 N–H and O–H groups in total. The third-order valence-electron chi connectivity index (χ3n) is 6.39. The Labute approximate surface area is 229 Å². The van der Waals surface area contributed by atoms with E-state index in [0.717, 1.165) is 16.2 Å². The van der Waals surface area contributed by atoms with Gasteiger partial charge in [0.05, 0.1) is 12.7 Å². The van der Waals surface area contributed by atoms with E-state index in [1.165, 1.54) is 24.3 Å². The second-order valence-corrected chi connectivity index (χ2v) is 9.28. The molecule has 40 heavy (non-hydrogen) atoms. The molecule has 0 saturated carbocycles. The normalized spacial score (nSPS) is 21.2. The van der Waals surface area contributed by atoms with Crippen molar-refractivity contribution in [2.24, 2.45) is 5.92 Å². The Hall–Kier alpha value is -3.87. The summed E-state index contributed by atoms with van der Waals surface area (Å²) in [6.07, 6.45) is -2.30. The van der Waals surface area contributed by atoms with Crippen molar-refractivity contribution in [2.75, 3.05) is 18.3 Å². The zero-order valence-corrected chi connectivity index (χ0v) is 22.3. The third-order valence-corrected chi connectivity index (χ3v) is 6.66. The Kier molecular flexibility index (Phi) is 9.80. The highest BCUT2D eigenvalue weighted by atomic mass is 31.1. The molecule has 1 aliphatic rings. The number of H-pyrrole nitrogens is 1. The van der Waals surface area contributed by atoms with E-state index in [0.29, 0.717) is 0 Å². The van der Waals surface area contributed by atoms with Gasteiger partial charge in [-0.15, -0.1) is 0 Å². The van der Waals surface area contributed by atoms with Crippen LogP contribution in [-0.2, 0) is 30.3 Å². The van der Waals surface area contributed by atoms with Crippen LogP contribution in [0.2, 0.25) is 0 Å². The Balaban J connectivity index is 1.55. The van der Waals surface area contributed by atoms with Crippen LogP contribution in [0.5, 0.6) is 5.75 Å². The average Bonchev–Trinajstić information content (AvgIpc) is 3.27. The summed E-state index contributed by atoms with van der Waals surface area (Å²) in [6, 6.07) is 15.6. The van der Waals surface area contributed by atoms with Gasteiger partial charge in [0, 0.05) is 18.2 Å². The lowest BCUT2D eigenvalue weighted by atomic mass is 9.99. The fourth-order valence-corrected chi connectivity index (χ4v) is 4.52. The number of rotatable bonds is 12. The molecule has 14 heteroatoms. The lowest BCUT2D eigenvalue weighted by Crippen LogP contribution is -2.43. The van der Waals surface area contributed by atoms with Crippen molar-refractivity contribution in [3.63, 3.8) is 0 Å². The SMILES string of the molecule is C[C@H](C(=O)OCc1ccccc1)N(OC[C@H]1O[C@@H](n2ccc(=O)[nH]c2=O)[C@H](O)[C@@H]1CO)c1ccccc1OP=O. The highest BCUT2D eigenvalue weighted by molar-refractivity contribution is 7.17. The molecular weight excluding hydrogens is 545 g/mol. The summed E-state index contributed by atoms with van der Waals surface area (Å²) in [6.45, 7) is 0.773. The molecule has 2 heterocycles. The number of hydrogen-bond donors (Lipinski definition) is 3. The first-order valence-electron chi connectivity index (χ1n) is 12.3. The first-order valence-corrected chi connectivity index (χ1v) is 13.0. The van der Waals surface area contributed by atoms with Gasteiger partial charge in [-0.2, -0.15) is 0 Å². The zero-order chi connectivity index (χ0) is 28.6. The van der Waals surface area contributed by atoms with Gasteiger partial charge >= 0.3 is 20.3 Å². The molecule has 1 saturated heterocycles. The summed E-state index contributed by atoms with van der Waals surface area (Å²) in [4.78, 5) is 44.9. The van der Waals surface area contributed by atoms with Crippen LogP contribution in [0.15, 0.2) is 76.4 Å². The van der Waals surface area contributed by atoms with Crippen LogP contribution in [0.25, 0.3) is 0 Å². The van der Waals surface area contributed by atoms with Crippen molar-refractivity contribution in [1.82, 2.24) is 9.55 Å². The van der Waals surface area contributed by atoms with Gasteiger partial charge in [0.25, 0.3) is 5.56 Å². The Morgan fingerprint density at radius 1 is 1.15 bits per heavy atom. The molecule has 0 amide bonds. The molecule has 1 fully saturated rings. The standard InChI is InChI=1S/C26H28N3O10P/c1-16(25(33)36-14-17-7-3-2-4-8-17)29(19-9-5-6-10-20(19)39-40-35)37-15-21-18(13-30)23(32)24(38-21)28-12-11-22(31)27-26(28)34/h2-12,16,18,21,23-24,30,32H,13-15H2,1H3,(H,27,31,34)/t16-,18-,21-,23-,24-/m1/s1. The zero-order valence-electron chi connectivity index (χ0n) is 21.4. The lowest BCUT2D eigenvalue weighted by Gasteiger charge is -2.31. The van der Waals surface area contributed by atoms with E-state index < -0.39 is 62.9 Å². The number of para-hydroxylation sites is 2. The first-order chi connectivity index (χ1) is 19.3. The Morgan fingerprint density at radius 2 is 1.88 bits per heavy atom. The smallest absolute Gasteiger partial charge is 0.395 e. The van der Waals surface area contributed by atoms with Crippen molar-refractivity contribution >= 4 is 20.3 Å². The molecule has 2 aromatic carbocycles. The predicted octanol–water partition coefficient (Wildman–Crippen LogP) is 1.56. The van der Waals surface area contributed by atoms with E-state index in [-0.39, 0.29) is 24.7 Å². The van der Waals surface area contributed by atoms with Gasteiger partial charge in [-0.25, -0.2) is 19.2 Å². The maximum absolute atomic E-state index is 13.0. The first kappa shape index (κ1) is 29.1. The highest BCUT2D eigenvalue weighted by Gasteiger charge is 2.45. The maximum atomic E-state index is 13.0. The number of carbonyl (C=O) groups excluding carboxylic acids is 1. The quantitative estimate of drug-likeness (QED) is 0.163. The average molecular weight is 573 g/mol. The summed E-state index contributed by atoms with van der Waals surface area (Å²) < 4.78 is 28.7. The van der Waals surface area contributed by atoms with Crippen LogP contribution in [0.3, 0.4) is 0 Å². The van der Waals surface area contributed by atoms with Crippen LogP contribution in [0.1, 0.15) is 18.7 Å². The summed E-state index contributed by atoms with van der Waals surface area (Å²) in [5.41, 5.74) is -0.377. The number of aliphatic hydroxyl groups excluding tert-OH is 2. The summed E-state index contributed by atoms with van der Waals surface area (Å²) >= 11 is 0. The van der Waals surface area contributed by atoms with Gasteiger partial charge in [0.15, 0.2) is 18.0 Å². The third kappa shape index (κ3) is 6.64. The lowest BCUT2D eigenvalue weighted by molar-refractivity contribution is -0.149. The monoisotopic (exact) mass is 573 g/mol. The van der Waals surface area contributed by atoms with Gasteiger partial charge < -0.3 is 24.2 Å². The Bertz CT molecular complexity index is 1420. The van der Waals surface area contributed by atoms with Crippen LogP contribution in [0.4, 0.5) is 5.69 Å². The molecule has 0 spiro atoms. The van der Waals surface area contributed by atoms with E-state index >= 15 is 0 Å². The second kappa shape index (κ2) is 13.5. The number of ether oxygens (including phenoxy) is 2.